The summed E-state index contributed by atoms with van der Waals surface area (Å²) in [5, 5.41) is 10.4. The number of hydrogen-bond acceptors (Lipinski definition) is 5. The number of para-hydroxylation sites is 2. The Morgan fingerprint density at radius 3 is 2.74 bits per heavy atom. The van der Waals surface area contributed by atoms with E-state index in [4.69, 9.17) is 9.47 Å². The quantitative estimate of drug-likeness (QED) is 0.750. The fourth-order valence-electron chi connectivity index (χ4n) is 3.69. The normalized spacial score (nSPS) is 17.5. The smallest absolute Gasteiger partial charge is 0.170 e. The summed E-state index contributed by atoms with van der Waals surface area (Å²) in [6.07, 6.45) is 1.83. The number of piperidine rings is 1. The number of phenols is 1. The lowest BCUT2D eigenvalue weighted by atomic mass is 9.89. The number of ether oxygens (including phenoxy) is 2. The molecule has 1 atom stereocenters. The molecule has 1 aliphatic rings. The monoisotopic (exact) mass is 369 g/mol. The first-order chi connectivity index (χ1) is 13.1. The van der Waals surface area contributed by atoms with E-state index in [9.17, 15) is 9.90 Å². The zero-order chi connectivity index (χ0) is 19.2. The van der Waals surface area contributed by atoms with Gasteiger partial charge in [-0.25, -0.2) is 0 Å². The van der Waals surface area contributed by atoms with Crippen molar-refractivity contribution in [1.29, 1.82) is 0 Å². The van der Waals surface area contributed by atoms with Gasteiger partial charge in [-0.05, 0) is 44.5 Å². The van der Waals surface area contributed by atoms with Crippen LogP contribution in [0, 0.1) is 5.92 Å². The van der Waals surface area contributed by atoms with E-state index in [2.05, 4.69) is 4.90 Å². The van der Waals surface area contributed by atoms with Crippen LogP contribution in [0.4, 0.5) is 0 Å². The van der Waals surface area contributed by atoms with Crippen molar-refractivity contribution < 1.29 is 19.4 Å². The number of benzene rings is 2. The van der Waals surface area contributed by atoms with Crippen LogP contribution in [-0.2, 0) is 6.54 Å². The fourth-order valence-corrected chi connectivity index (χ4v) is 3.69. The van der Waals surface area contributed by atoms with E-state index < -0.39 is 0 Å². The van der Waals surface area contributed by atoms with Gasteiger partial charge < -0.3 is 14.6 Å². The molecule has 27 heavy (non-hydrogen) atoms. The Labute approximate surface area is 160 Å². The summed E-state index contributed by atoms with van der Waals surface area (Å²) in [4.78, 5) is 15.2. The average molecular weight is 369 g/mol. The molecule has 1 N–H and O–H groups in total. The van der Waals surface area contributed by atoms with E-state index in [-0.39, 0.29) is 17.5 Å². The van der Waals surface area contributed by atoms with Crippen molar-refractivity contribution >= 4 is 5.78 Å². The Bertz CT molecular complexity index is 790. The minimum Gasteiger partial charge on any atom is -0.504 e. The molecule has 2 aromatic rings. The number of hydrogen-bond donors (Lipinski definition) is 1. The van der Waals surface area contributed by atoms with E-state index >= 15 is 0 Å². The highest BCUT2D eigenvalue weighted by Crippen LogP contribution is 2.32. The maximum Gasteiger partial charge on any atom is 0.170 e. The highest BCUT2D eigenvalue weighted by atomic mass is 16.5. The van der Waals surface area contributed by atoms with Crippen molar-refractivity contribution in [1.82, 2.24) is 4.90 Å². The number of rotatable bonds is 7. The molecule has 1 unspecified atom stereocenters. The number of ketones is 1. The van der Waals surface area contributed by atoms with Gasteiger partial charge in [-0.2, -0.15) is 0 Å². The summed E-state index contributed by atoms with van der Waals surface area (Å²) in [5.74, 6) is 1.39. The van der Waals surface area contributed by atoms with Crippen LogP contribution in [0.3, 0.4) is 0 Å². The number of carbonyl (C=O) groups is 1. The average Bonchev–Trinajstić information content (AvgIpc) is 2.71. The van der Waals surface area contributed by atoms with Gasteiger partial charge in [0.1, 0.15) is 5.75 Å². The van der Waals surface area contributed by atoms with E-state index in [1.165, 1.54) is 0 Å². The number of likely N-dealkylation sites (tertiary alicyclic amines) is 1. The van der Waals surface area contributed by atoms with Gasteiger partial charge in [0.25, 0.3) is 0 Å². The molecule has 0 aromatic heterocycles. The van der Waals surface area contributed by atoms with Crippen molar-refractivity contribution in [3.63, 3.8) is 0 Å². The molecule has 0 radical (unpaired) electrons. The van der Waals surface area contributed by atoms with E-state index in [0.29, 0.717) is 36.8 Å². The molecular formula is C22H27NO4. The molecule has 0 bridgehead atoms. The molecule has 1 heterocycles. The van der Waals surface area contributed by atoms with Gasteiger partial charge in [-0.15, -0.1) is 0 Å². The molecule has 5 nitrogen and oxygen atoms in total. The highest BCUT2D eigenvalue weighted by molar-refractivity contribution is 6.00. The fraction of sp³-hybridized carbons (Fsp3) is 0.409. The predicted molar refractivity (Wildman–Crippen MR) is 105 cm³/mol. The number of Topliss-reactive ketones (excluding diaryl/α,β-unsaturated/α-hetero) is 1. The topological polar surface area (TPSA) is 59.0 Å². The van der Waals surface area contributed by atoms with Crippen LogP contribution in [0.25, 0.3) is 0 Å². The molecule has 1 aliphatic heterocycles. The van der Waals surface area contributed by atoms with Crippen LogP contribution < -0.4 is 9.47 Å². The van der Waals surface area contributed by atoms with Crippen molar-refractivity contribution in [3.8, 4) is 17.2 Å². The van der Waals surface area contributed by atoms with Crippen LogP contribution in [0.5, 0.6) is 17.2 Å². The molecule has 3 rings (SSSR count). The number of carbonyl (C=O) groups excluding carboxylic acids is 1. The summed E-state index contributed by atoms with van der Waals surface area (Å²) in [6, 6.07) is 13.0. The van der Waals surface area contributed by atoms with Crippen LogP contribution in [0.15, 0.2) is 42.5 Å². The first kappa shape index (κ1) is 19.2. The minimum absolute atomic E-state index is 0.0627. The number of nitrogens with zero attached hydrogens (tertiary/aromatic N) is 1. The molecule has 0 aliphatic carbocycles. The summed E-state index contributed by atoms with van der Waals surface area (Å²) >= 11 is 0. The van der Waals surface area contributed by atoms with E-state index in [0.717, 1.165) is 24.9 Å². The Kier molecular flexibility index (Phi) is 6.35. The highest BCUT2D eigenvalue weighted by Gasteiger charge is 2.28. The lowest BCUT2D eigenvalue weighted by molar-refractivity contribution is 0.0807. The second-order valence-electron chi connectivity index (χ2n) is 6.84. The van der Waals surface area contributed by atoms with Crippen LogP contribution in [0.1, 0.15) is 35.7 Å². The number of methoxy groups -OCH3 is 1. The third-order valence-corrected chi connectivity index (χ3v) is 5.03. The lowest BCUT2D eigenvalue weighted by Gasteiger charge is -2.32. The summed E-state index contributed by atoms with van der Waals surface area (Å²) < 4.78 is 10.8. The predicted octanol–water partition coefficient (Wildman–Crippen LogP) is 3.89. The Hall–Kier alpha value is -2.53. The van der Waals surface area contributed by atoms with Crippen LogP contribution in [0.2, 0.25) is 0 Å². The van der Waals surface area contributed by atoms with Gasteiger partial charge in [-0.3, -0.25) is 9.69 Å². The van der Waals surface area contributed by atoms with Gasteiger partial charge >= 0.3 is 0 Å². The minimum atomic E-state index is -0.0627. The molecular weight excluding hydrogens is 342 g/mol. The molecule has 5 heteroatoms. The first-order valence-corrected chi connectivity index (χ1v) is 9.47. The van der Waals surface area contributed by atoms with Crippen molar-refractivity contribution in [2.75, 3.05) is 26.8 Å². The number of phenolic OH excluding ortho intramolecular Hbond substituents is 1. The molecule has 0 amide bonds. The molecule has 0 spiro atoms. The van der Waals surface area contributed by atoms with Crippen molar-refractivity contribution in [2.24, 2.45) is 5.92 Å². The Balaban J connectivity index is 1.71. The third-order valence-electron chi connectivity index (χ3n) is 5.03. The van der Waals surface area contributed by atoms with Gasteiger partial charge in [0.15, 0.2) is 17.3 Å². The maximum absolute atomic E-state index is 13.0. The first-order valence-electron chi connectivity index (χ1n) is 9.47. The Morgan fingerprint density at radius 2 is 1.96 bits per heavy atom. The second kappa shape index (κ2) is 8.91. The second-order valence-corrected chi connectivity index (χ2v) is 6.84. The van der Waals surface area contributed by atoms with Crippen molar-refractivity contribution in [2.45, 2.75) is 26.3 Å². The summed E-state index contributed by atoms with van der Waals surface area (Å²) in [6.45, 7) is 4.59. The zero-order valence-electron chi connectivity index (χ0n) is 16.0. The van der Waals surface area contributed by atoms with E-state index in [1.54, 1.807) is 13.2 Å². The summed E-state index contributed by atoms with van der Waals surface area (Å²) in [5.41, 5.74) is 1.47. The molecule has 2 aromatic carbocycles. The summed E-state index contributed by atoms with van der Waals surface area (Å²) in [7, 11) is 1.59. The third kappa shape index (κ3) is 4.42. The lowest BCUT2D eigenvalue weighted by Crippen LogP contribution is -2.38. The van der Waals surface area contributed by atoms with Gasteiger partial charge in [0, 0.05) is 24.6 Å². The largest absolute Gasteiger partial charge is 0.504 e. The van der Waals surface area contributed by atoms with Crippen LogP contribution >= 0.6 is 0 Å². The molecule has 144 valence electrons. The molecule has 1 saturated heterocycles. The Morgan fingerprint density at radius 1 is 1.19 bits per heavy atom. The zero-order valence-corrected chi connectivity index (χ0v) is 16.0. The van der Waals surface area contributed by atoms with Crippen LogP contribution in [-0.4, -0.2) is 42.6 Å². The van der Waals surface area contributed by atoms with Gasteiger partial charge in [0.05, 0.1) is 19.3 Å². The molecule has 1 fully saturated rings. The van der Waals surface area contributed by atoms with Gasteiger partial charge in [0.2, 0.25) is 0 Å². The SMILES string of the molecule is CCOc1cccc(CN2CCCC(C(=O)c3ccccc3OC)C2)c1O. The van der Waals surface area contributed by atoms with E-state index in [1.807, 2.05) is 43.3 Å². The maximum atomic E-state index is 13.0. The standard InChI is InChI=1S/C22H27NO4/c1-3-27-20-12-6-8-17(22(20)25)15-23-13-7-9-16(14-23)21(24)18-10-4-5-11-19(18)26-2/h4-6,8,10-12,16,25H,3,7,9,13-15H2,1-2H3. The van der Waals surface area contributed by atoms with Crippen molar-refractivity contribution in [3.05, 3.63) is 53.6 Å². The van der Waals surface area contributed by atoms with Gasteiger partial charge in [-0.1, -0.05) is 24.3 Å². The molecule has 0 saturated carbocycles. The number of aromatic hydroxyl groups is 1.